The van der Waals surface area contributed by atoms with E-state index in [0.29, 0.717) is 18.3 Å². The van der Waals surface area contributed by atoms with Gasteiger partial charge in [-0.1, -0.05) is 37.3 Å². The molecule has 1 aliphatic rings. The number of anilines is 1. The first kappa shape index (κ1) is 16.4. The highest BCUT2D eigenvalue weighted by Gasteiger charge is 2.23. The van der Waals surface area contributed by atoms with Crippen LogP contribution in [0.2, 0.25) is 0 Å². The molecule has 0 radical (unpaired) electrons. The Morgan fingerprint density at radius 2 is 2.08 bits per heavy atom. The van der Waals surface area contributed by atoms with Gasteiger partial charge in [-0.15, -0.1) is 0 Å². The predicted octanol–water partition coefficient (Wildman–Crippen LogP) is 3.18. The number of benzene rings is 1. The number of carbonyl (C=O) groups excluding carboxylic acids is 1. The summed E-state index contributed by atoms with van der Waals surface area (Å²) >= 11 is 0. The van der Waals surface area contributed by atoms with Crippen LogP contribution >= 0.6 is 0 Å². The van der Waals surface area contributed by atoms with E-state index in [1.165, 1.54) is 25.6 Å². The molecular weight excluding hydrogens is 300 g/mol. The molecule has 0 saturated carbocycles. The SMILES string of the molecule is CCC1CCCCN1c1cc(C(=O)NCc2ccccc2)ncn1. The molecule has 1 aliphatic heterocycles. The molecule has 126 valence electrons. The van der Waals surface area contributed by atoms with Crippen LogP contribution in [0.15, 0.2) is 42.7 Å². The topological polar surface area (TPSA) is 58.1 Å². The highest BCUT2D eigenvalue weighted by atomic mass is 16.1. The molecule has 3 rings (SSSR count). The summed E-state index contributed by atoms with van der Waals surface area (Å²) in [5.74, 6) is 0.703. The van der Waals surface area contributed by atoms with Crippen molar-refractivity contribution < 1.29 is 4.79 Å². The second kappa shape index (κ2) is 7.90. The summed E-state index contributed by atoms with van der Waals surface area (Å²) in [6.45, 7) is 3.71. The summed E-state index contributed by atoms with van der Waals surface area (Å²) in [6.07, 6.45) is 6.23. The Kier molecular flexibility index (Phi) is 5.41. The first-order chi connectivity index (χ1) is 11.8. The number of piperidine rings is 1. The molecule has 1 fully saturated rings. The van der Waals surface area contributed by atoms with Crippen molar-refractivity contribution in [2.75, 3.05) is 11.4 Å². The van der Waals surface area contributed by atoms with Gasteiger partial charge in [0, 0.05) is 25.2 Å². The largest absolute Gasteiger partial charge is 0.354 e. The fraction of sp³-hybridized carbons (Fsp3) is 0.421. The molecule has 2 aromatic rings. The summed E-state index contributed by atoms with van der Waals surface area (Å²) in [5.41, 5.74) is 1.50. The van der Waals surface area contributed by atoms with Crippen molar-refractivity contribution in [2.45, 2.75) is 45.2 Å². The van der Waals surface area contributed by atoms with Crippen molar-refractivity contribution in [1.82, 2.24) is 15.3 Å². The molecule has 2 heterocycles. The van der Waals surface area contributed by atoms with E-state index in [4.69, 9.17) is 0 Å². The van der Waals surface area contributed by atoms with Gasteiger partial charge in [0.2, 0.25) is 0 Å². The van der Waals surface area contributed by atoms with Crippen LogP contribution in [0.1, 0.15) is 48.7 Å². The summed E-state index contributed by atoms with van der Waals surface area (Å²) in [6, 6.07) is 12.2. The number of hydrogen-bond acceptors (Lipinski definition) is 4. The van der Waals surface area contributed by atoms with Crippen LogP contribution in [0, 0.1) is 0 Å². The third-order valence-electron chi connectivity index (χ3n) is 4.57. The normalized spacial score (nSPS) is 17.5. The van der Waals surface area contributed by atoms with Gasteiger partial charge in [0.1, 0.15) is 17.8 Å². The minimum absolute atomic E-state index is 0.160. The number of nitrogens with zero attached hydrogens (tertiary/aromatic N) is 3. The quantitative estimate of drug-likeness (QED) is 0.918. The Bertz CT molecular complexity index is 674. The molecule has 1 unspecified atom stereocenters. The zero-order valence-electron chi connectivity index (χ0n) is 14.1. The molecule has 0 aliphatic carbocycles. The Balaban J connectivity index is 1.69. The molecule has 0 bridgehead atoms. The highest BCUT2D eigenvalue weighted by molar-refractivity contribution is 5.92. The Morgan fingerprint density at radius 1 is 1.25 bits per heavy atom. The molecule has 1 atom stereocenters. The number of rotatable bonds is 5. The molecule has 5 nitrogen and oxygen atoms in total. The molecular formula is C19H24N4O. The molecule has 5 heteroatoms. The lowest BCUT2D eigenvalue weighted by molar-refractivity contribution is 0.0945. The van der Waals surface area contributed by atoms with E-state index >= 15 is 0 Å². The maximum atomic E-state index is 12.4. The maximum absolute atomic E-state index is 12.4. The number of carbonyl (C=O) groups is 1. The second-order valence-electron chi connectivity index (χ2n) is 6.18. The molecule has 1 amide bonds. The Labute approximate surface area is 143 Å². The van der Waals surface area contributed by atoms with Crippen molar-refractivity contribution in [3.63, 3.8) is 0 Å². The van der Waals surface area contributed by atoms with Gasteiger partial charge in [-0.25, -0.2) is 9.97 Å². The van der Waals surface area contributed by atoms with E-state index in [2.05, 4.69) is 27.1 Å². The average Bonchev–Trinajstić information content (AvgIpc) is 2.67. The van der Waals surface area contributed by atoms with E-state index in [0.717, 1.165) is 24.3 Å². The van der Waals surface area contributed by atoms with Crippen molar-refractivity contribution >= 4 is 11.7 Å². The predicted molar refractivity (Wildman–Crippen MR) is 94.9 cm³/mol. The monoisotopic (exact) mass is 324 g/mol. The van der Waals surface area contributed by atoms with Crippen molar-refractivity contribution in [1.29, 1.82) is 0 Å². The van der Waals surface area contributed by atoms with E-state index in [9.17, 15) is 4.79 Å². The lowest BCUT2D eigenvalue weighted by Crippen LogP contribution is -2.39. The molecule has 0 spiro atoms. The van der Waals surface area contributed by atoms with Gasteiger partial charge in [-0.05, 0) is 31.2 Å². The van der Waals surface area contributed by atoms with E-state index in [-0.39, 0.29) is 5.91 Å². The third kappa shape index (κ3) is 3.91. The zero-order chi connectivity index (χ0) is 16.8. The van der Waals surface area contributed by atoms with Gasteiger partial charge in [0.15, 0.2) is 0 Å². The van der Waals surface area contributed by atoms with E-state index in [1.807, 2.05) is 36.4 Å². The number of aromatic nitrogens is 2. The van der Waals surface area contributed by atoms with Crippen LogP contribution in [0.3, 0.4) is 0 Å². The number of nitrogens with one attached hydrogen (secondary N) is 1. The summed E-state index contributed by atoms with van der Waals surface area (Å²) < 4.78 is 0. The summed E-state index contributed by atoms with van der Waals surface area (Å²) in [4.78, 5) is 23.2. The first-order valence-corrected chi connectivity index (χ1v) is 8.68. The van der Waals surface area contributed by atoms with Gasteiger partial charge >= 0.3 is 0 Å². The van der Waals surface area contributed by atoms with Crippen molar-refractivity contribution in [3.05, 3.63) is 54.0 Å². The van der Waals surface area contributed by atoms with Crippen LogP contribution in [0.25, 0.3) is 0 Å². The Hall–Kier alpha value is -2.43. The van der Waals surface area contributed by atoms with Gasteiger partial charge in [-0.3, -0.25) is 4.79 Å². The van der Waals surface area contributed by atoms with Gasteiger partial charge in [0.05, 0.1) is 0 Å². The molecule has 1 aromatic carbocycles. The van der Waals surface area contributed by atoms with Crippen LogP contribution in [0.5, 0.6) is 0 Å². The fourth-order valence-electron chi connectivity index (χ4n) is 3.22. The minimum atomic E-state index is -0.160. The van der Waals surface area contributed by atoms with Crippen LogP contribution < -0.4 is 10.2 Å². The lowest BCUT2D eigenvalue weighted by atomic mass is 10.00. The van der Waals surface area contributed by atoms with Crippen LogP contribution in [0.4, 0.5) is 5.82 Å². The van der Waals surface area contributed by atoms with Gasteiger partial charge in [-0.2, -0.15) is 0 Å². The standard InChI is InChI=1S/C19H24N4O/c1-2-16-10-6-7-11-23(16)18-12-17(21-14-22-18)19(24)20-13-15-8-4-3-5-9-15/h3-5,8-9,12,14,16H,2,6-7,10-11,13H2,1H3,(H,20,24). The zero-order valence-corrected chi connectivity index (χ0v) is 14.1. The summed E-state index contributed by atoms with van der Waals surface area (Å²) in [5, 5.41) is 2.92. The molecule has 24 heavy (non-hydrogen) atoms. The first-order valence-electron chi connectivity index (χ1n) is 8.68. The average molecular weight is 324 g/mol. The lowest BCUT2D eigenvalue weighted by Gasteiger charge is -2.36. The maximum Gasteiger partial charge on any atom is 0.270 e. The van der Waals surface area contributed by atoms with Crippen molar-refractivity contribution in [3.8, 4) is 0 Å². The highest BCUT2D eigenvalue weighted by Crippen LogP contribution is 2.24. The van der Waals surface area contributed by atoms with E-state index < -0.39 is 0 Å². The second-order valence-corrected chi connectivity index (χ2v) is 6.18. The van der Waals surface area contributed by atoms with E-state index in [1.54, 1.807) is 0 Å². The Morgan fingerprint density at radius 3 is 2.88 bits per heavy atom. The molecule has 1 aromatic heterocycles. The molecule has 1 N–H and O–H groups in total. The number of amides is 1. The van der Waals surface area contributed by atoms with Crippen molar-refractivity contribution in [2.24, 2.45) is 0 Å². The molecule has 1 saturated heterocycles. The third-order valence-corrected chi connectivity index (χ3v) is 4.57. The fourth-order valence-corrected chi connectivity index (χ4v) is 3.22. The van der Waals surface area contributed by atoms with Crippen LogP contribution in [-0.2, 0) is 6.54 Å². The summed E-state index contributed by atoms with van der Waals surface area (Å²) in [7, 11) is 0. The minimum Gasteiger partial charge on any atom is -0.354 e. The van der Waals surface area contributed by atoms with Gasteiger partial charge in [0.25, 0.3) is 5.91 Å². The smallest absolute Gasteiger partial charge is 0.270 e. The number of hydrogen-bond donors (Lipinski definition) is 1. The van der Waals surface area contributed by atoms with Crippen LogP contribution in [-0.4, -0.2) is 28.5 Å². The van der Waals surface area contributed by atoms with Gasteiger partial charge < -0.3 is 10.2 Å².